The maximum Gasteiger partial charge on any atom is 0.276 e. The minimum Gasteiger partial charge on any atom is -0.497 e. The van der Waals surface area contributed by atoms with Gasteiger partial charge in [-0.25, -0.2) is 0 Å². The lowest BCUT2D eigenvalue weighted by atomic mass is 10.3. The summed E-state index contributed by atoms with van der Waals surface area (Å²) in [6.07, 6.45) is 3.69. The predicted molar refractivity (Wildman–Crippen MR) is 99.6 cm³/mol. The maximum absolute atomic E-state index is 12.4. The summed E-state index contributed by atoms with van der Waals surface area (Å²) in [5, 5.41) is 3.44. The fourth-order valence-electron chi connectivity index (χ4n) is 2.73. The molecular weight excluding hydrogens is 352 g/mol. The summed E-state index contributed by atoms with van der Waals surface area (Å²) in [5.41, 5.74) is 0.443. The lowest BCUT2D eigenvalue weighted by Crippen LogP contribution is -2.32. The number of carbonyl (C=O) groups is 1. The zero-order chi connectivity index (χ0) is 18.1. The van der Waals surface area contributed by atoms with Crippen LogP contribution in [0.3, 0.4) is 0 Å². The molecule has 134 valence electrons. The van der Waals surface area contributed by atoms with Gasteiger partial charge in [0.1, 0.15) is 35.3 Å². The summed E-state index contributed by atoms with van der Waals surface area (Å²) >= 11 is 5.24. The maximum atomic E-state index is 12.4. The number of methoxy groups -OCH3 is 1. The molecule has 2 heterocycles. The summed E-state index contributed by atoms with van der Waals surface area (Å²) in [5.74, 6) is 2.65. The first kappa shape index (κ1) is 16.7. The quantitative estimate of drug-likeness (QED) is 0.623. The van der Waals surface area contributed by atoms with Crippen LogP contribution >= 0.6 is 12.2 Å². The van der Waals surface area contributed by atoms with Crippen LogP contribution in [0.25, 0.3) is 6.08 Å². The number of thiocarbonyl (C=S) groups is 1. The van der Waals surface area contributed by atoms with E-state index in [2.05, 4.69) is 5.32 Å². The SMILES string of the molecule is COc1ccc(OCc2ccc(/C=C3/NC(=S)N(C4CC4)C3=O)o2)cc1. The van der Waals surface area contributed by atoms with E-state index in [9.17, 15) is 4.79 Å². The van der Waals surface area contributed by atoms with Gasteiger partial charge in [-0.1, -0.05) is 0 Å². The van der Waals surface area contributed by atoms with E-state index in [4.69, 9.17) is 26.1 Å². The molecular formula is C19H18N2O4S. The van der Waals surface area contributed by atoms with E-state index in [1.165, 1.54) is 0 Å². The van der Waals surface area contributed by atoms with E-state index in [1.807, 2.05) is 30.3 Å². The number of nitrogens with zero attached hydrogens (tertiary/aromatic N) is 1. The number of nitrogens with one attached hydrogen (secondary N) is 1. The van der Waals surface area contributed by atoms with Gasteiger partial charge < -0.3 is 19.2 Å². The Hall–Kier alpha value is -2.80. The number of hydrogen-bond acceptors (Lipinski definition) is 5. The molecule has 0 radical (unpaired) electrons. The van der Waals surface area contributed by atoms with Crippen molar-refractivity contribution in [3.63, 3.8) is 0 Å². The smallest absolute Gasteiger partial charge is 0.276 e. The van der Waals surface area contributed by atoms with Gasteiger partial charge in [-0.15, -0.1) is 0 Å². The number of furan rings is 1. The first-order valence-corrected chi connectivity index (χ1v) is 8.76. The Morgan fingerprint density at radius 3 is 2.65 bits per heavy atom. The second kappa shape index (κ2) is 6.84. The monoisotopic (exact) mass is 370 g/mol. The van der Waals surface area contributed by atoms with Crippen LogP contribution in [0.4, 0.5) is 0 Å². The molecule has 6 nitrogen and oxygen atoms in total. The number of amides is 1. The van der Waals surface area contributed by atoms with Gasteiger partial charge in [0.15, 0.2) is 5.11 Å². The van der Waals surface area contributed by atoms with Crippen molar-refractivity contribution in [1.29, 1.82) is 0 Å². The molecule has 1 N–H and O–H groups in total. The molecule has 2 aromatic rings. The Bertz CT molecular complexity index is 868. The molecule has 1 saturated carbocycles. The lowest BCUT2D eigenvalue weighted by Gasteiger charge is -2.11. The van der Waals surface area contributed by atoms with Crippen molar-refractivity contribution in [1.82, 2.24) is 10.2 Å². The van der Waals surface area contributed by atoms with E-state index in [0.29, 0.717) is 28.9 Å². The Morgan fingerprint density at radius 2 is 1.96 bits per heavy atom. The first-order valence-electron chi connectivity index (χ1n) is 8.36. The number of benzene rings is 1. The summed E-state index contributed by atoms with van der Waals surface area (Å²) < 4.78 is 16.5. The normalized spacial score (nSPS) is 18.3. The van der Waals surface area contributed by atoms with Crippen LogP contribution in [0.15, 0.2) is 46.5 Å². The summed E-state index contributed by atoms with van der Waals surface area (Å²) in [4.78, 5) is 14.1. The molecule has 0 spiro atoms. The third-order valence-corrected chi connectivity index (χ3v) is 4.53. The lowest BCUT2D eigenvalue weighted by molar-refractivity contribution is -0.122. The van der Waals surface area contributed by atoms with Crippen molar-refractivity contribution in [3.8, 4) is 11.5 Å². The van der Waals surface area contributed by atoms with Crippen LogP contribution in [-0.2, 0) is 11.4 Å². The number of carbonyl (C=O) groups excluding carboxylic acids is 1. The molecule has 1 aromatic heterocycles. The summed E-state index contributed by atoms with van der Waals surface area (Å²) in [6.45, 7) is 0.295. The molecule has 2 fully saturated rings. The predicted octanol–water partition coefficient (Wildman–Crippen LogP) is 3.09. The number of hydrogen-bond donors (Lipinski definition) is 1. The first-order chi connectivity index (χ1) is 12.6. The minimum atomic E-state index is -0.0927. The van der Waals surface area contributed by atoms with E-state index in [1.54, 1.807) is 24.2 Å². The van der Waals surface area contributed by atoms with Crippen molar-refractivity contribution in [2.75, 3.05) is 7.11 Å². The largest absolute Gasteiger partial charge is 0.497 e. The van der Waals surface area contributed by atoms with Gasteiger partial charge in [0.2, 0.25) is 0 Å². The second-order valence-corrected chi connectivity index (χ2v) is 6.55. The molecule has 2 aliphatic rings. The van der Waals surface area contributed by atoms with E-state index in [-0.39, 0.29) is 11.9 Å². The number of ether oxygens (including phenoxy) is 2. The van der Waals surface area contributed by atoms with Crippen molar-refractivity contribution >= 4 is 29.3 Å². The van der Waals surface area contributed by atoms with Crippen molar-refractivity contribution in [2.45, 2.75) is 25.5 Å². The van der Waals surface area contributed by atoms with Gasteiger partial charge in [0, 0.05) is 12.1 Å². The molecule has 7 heteroatoms. The fraction of sp³-hybridized carbons (Fsp3) is 0.263. The Kier molecular flexibility index (Phi) is 4.38. The van der Waals surface area contributed by atoms with E-state index >= 15 is 0 Å². The zero-order valence-corrected chi connectivity index (χ0v) is 15.0. The van der Waals surface area contributed by atoms with E-state index < -0.39 is 0 Å². The Labute approximate surface area is 156 Å². The van der Waals surface area contributed by atoms with Gasteiger partial charge >= 0.3 is 0 Å². The molecule has 1 amide bonds. The molecule has 1 aliphatic heterocycles. The highest BCUT2D eigenvalue weighted by Gasteiger charge is 2.41. The topological polar surface area (TPSA) is 63.9 Å². The van der Waals surface area contributed by atoms with Gasteiger partial charge in [-0.2, -0.15) is 0 Å². The van der Waals surface area contributed by atoms with Gasteiger partial charge in [0.05, 0.1) is 7.11 Å². The molecule has 0 unspecified atom stereocenters. The summed E-state index contributed by atoms with van der Waals surface area (Å²) in [6, 6.07) is 11.2. The highest BCUT2D eigenvalue weighted by Crippen LogP contribution is 2.31. The summed E-state index contributed by atoms with van der Waals surface area (Å²) in [7, 11) is 1.62. The minimum absolute atomic E-state index is 0.0927. The van der Waals surface area contributed by atoms with Crippen LogP contribution in [-0.4, -0.2) is 29.1 Å². The Balaban J connectivity index is 1.39. The highest BCUT2D eigenvalue weighted by molar-refractivity contribution is 7.80. The van der Waals surface area contributed by atoms with Gasteiger partial charge in [0.25, 0.3) is 5.91 Å². The standard InChI is InChI=1S/C19H18N2O4S/c1-23-13-4-6-14(7-5-13)24-11-16-9-8-15(25-16)10-17-18(22)21(12-2-3-12)19(26)20-17/h4-10,12H,2-3,11H2,1H3,(H,20,26)/b17-10+. The van der Waals surface area contributed by atoms with Crippen LogP contribution < -0.4 is 14.8 Å². The van der Waals surface area contributed by atoms with Gasteiger partial charge in [-0.05, 0) is 61.5 Å². The van der Waals surface area contributed by atoms with E-state index in [0.717, 1.165) is 24.3 Å². The third kappa shape index (κ3) is 3.43. The second-order valence-electron chi connectivity index (χ2n) is 6.16. The van der Waals surface area contributed by atoms with Crippen LogP contribution in [0.5, 0.6) is 11.5 Å². The molecule has 1 aromatic carbocycles. The molecule has 26 heavy (non-hydrogen) atoms. The third-order valence-electron chi connectivity index (χ3n) is 4.23. The van der Waals surface area contributed by atoms with Crippen LogP contribution in [0.1, 0.15) is 24.4 Å². The van der Waals surface area contributed by atoms with Crippen LogP contribution in [0.2, 0.25) is 0 Å². The molecule has 1 aliphatic carbocycles. The molecule has 0 bridgehead atoms. The molecule has 1 saturated heterocycles. The highest BCUT2D eigenvalue weighted by atomic mass is 32.1. The fourth-order valence-corrected chi connectivity index (χ4v) is 3.07. The molecule has 0 atom stereocenters. The number of rotatable bonds is 6. The average Bonchev–Trinajstić information content (AvgIpc) is 3.31. The van der Waals surface area contributed by atoms with Crippen LogP contribution in [0, 0.1) is 0 Å². The average molecular weight is 370 g/mol. The van der Waals surface area contributed by atoms with Crippen molar-refractivity contribution in [3.05, 3.63) is 53.6 Å². The zero-order valence-electron chi connectivity index (χ0n) is 14.2. The van der Waals surface area contributed by atoms with Gasteiger partial charge in [-0.3, -0.25) is 9.69 Å². The molecule has 4 rings (SSSR count). The Morgan fingerprint density at radius 1 is 1.23 bits per heavy atom. The van der Waals surface area contributed by atoms with Crippen molar-refractivity contribution in [2.24, 2.45) is 0 Å². The van der Waals surface area contributed by atoms with Crippen molar-refractivity contribution < 1.29 is 18.7 Å².